The van der Waals surface area contributed by atoms with Gasteiger partial charge in [0.1, 0.15) is 23.9 Å². The van der Waals surface area contributed by atoms with Crippen molar-refractivity contribution in [1.29, 1.82) is 0 Å². The number of hydrogen-bond acceptors (Lipinski definition) is 6. The summed E-state index contributed by atoms with van der Waals surface area (Å²) in [6.07, 6.45) is 1.02. The molecule has 0 spiro atoms. The number of aromatic carboxylic acids is 1. The third kappa shape index (κ3) is 4.48. The third-order valence-corrected chi connectivity index (χ3v) is 6.14. The minimum Gasteiger partial charge on any atom is -0.507 e. The quantitative estimate of drug-likeness (QED) is 0.346. The number of benzene rings is 4. The minimum atomic E-state index is -1.03. The molecule has 0 unspecified atom stereocenters. The van der Waals surface area contributed by atoms with Crippen molar-refractivity contribution in [1.82, 2.24) is 0 Å². The van der Waals surface area contributed by atoms with E-state index in [0.717, 1.165) is 28.9 Å². The van der Waals surface area contributed by atoms with E-state index < -0.39 is 11.9 Å². The van der Waals surface area contributed by atoms with Crippen LogP contribution in [-0.2, 0) is 24.2 Å². The van der Waals surface area contributed by atoms with Gasteiger partial charge in [-0.05, 0) is 64.5 Å². The molecule has 7 nitrogen and oxygen atoms in total. The fourth-order valence-electron chi connectivity index (χ4n) is 4.24. The van der Waals surface area contributed by atoms with Gasteiger partial charge in [0.2, 0.25) is 0 Å². The molecule has 0 bridgehead atoms. The van der Waals surface area contributed by atoms with E-state index in [2.05, 4.69) is 0 Å². The molecule has 3 N–H and O–H groups in total. The summed E-state index contributed by atoms with van der Waals surface area (Å²) in [7, 11) is 0. The largest absolute Gasteiger partial charge is 0.507 e. The molecule has 4 aromatic rings. The van der Waals surface area contributed by atoms with E-state index in [0.29, 0.717) is 17.4 Å². The number of hydrogen-bond donors (Lipinski definition) is 3. The van der Waals surface area contributed by atoms with Crippen LogP contribution in [0.1, 0.15) is 43.0 Å². The molecule has 1 aliphatic rings. The van der Waals surface area contributed by atoms with Gasteiger partial charge in [-0.1, -0.05) is 24.3 Å². The highest BCUT2D eigenvalue weighted by molar-refractivity contribution is 5.98. The Morgan fingerprint density at radius 2 is 1.63 bits per heavy atom. The molecule has 0 fully saturated rings. The van der Waals surface area contributed by atoms with Gasteiger partial charge in [-0.2, -0.15) is 0 Å². The van der Waals surface area contributed by atoms with E-state index in [-0.39, 0.29) is 41.2 Å². The number of carboxylic acids is 1. The molecule has 4 aromatic carbocycles. The van der Waals surface area contributed by atoms with Gasteiger partial charge < -0.3 is 24.8 Å². The maximum atomic E-state index is 12.7. The maximum Gasteiger partial charge on any atom is 0.338 e. The summed E-state index contributed by atoms with van der Waals surface area (Å²) < 4.78 is 11.0. The standard InChI is InChI=1S/C28H22O7/c29-24-14-19-6-7-21(28(33)35-15-17-3-8-25-20(11-17)9-10-34-25)13-22(19)26(30)23(24)12-16-1-4-18(5-2-16)27(31)32/h1-8,11,13-14,29-30H,9-10,12,15H2,(H,31,32). The Balaban J connectivity index is 1.37. The van der Waals surface area contributed by atoms with Crippen LogP contribution in [0, 0.1) is 0 Å². The molecule has 0 saturated carbocycles. The Morgan fingerprint density at radius 1 is 0.886 bits per heavy atom. The van der Waals surface area contributed by atoms with Crippen molar-refractivity contribution >= 4 is 22.7 Å². The Labute approximate surface area is 200 Å². The molecule has 7 heteroatoms. The monoisotopic (exact) mass is 470 g/mol. The van der Waals surface area contributed by atoms with Crippen molar-refractivity contribution in [2.24, 2.45) is 0 Å². The number of ether oxygens (including phenoxy) is 2. The van der Waals surface area contributed by atoms with Crippen LogP contribution in [0.25, 0.3) is 10.8 Å². The van der Waals surface area contributed by atoms with Crippen LogP contribution >= 0.6 is 0 Å². The molecule has 5 rings (SSSR count). The lowest BCUT2D eigenvalue weighted by atomic mass is 9.97. The van der Waals surface area contributed by atoms with Gasteiger partial charge >= 0.3 is 11.9 Å². The van der Waals surface area contributed by atoms with Crippen molar-refractivity contribution in [3.63, 3.8) is 0 Å². The van der Waals surface area contributed by atoms with Gasteiger partial charge in [-0.3, -0.25) is 0 Å². The van der Waals surface area contributed by atoms with Gasteiger partial charge in [0.25, 0.3) is 0 Å². The first-order valence-corrected chi connectivity index (χ1v) is 11.1. The van der Waals surface area contributed by atoms with Crippen molar-refractivity contribution in [3.05, 3.63) is 100 Å². The number of rotatable bonds is 6. The molecule has 0 radical (unpaired) electrons. The van der Waals surface area contributed by atoms with E-state index in [9.17, 15) is 19.8 Å². The fraction of sp³-hybridized carbons (Fsp3) is 0.143. The van der Waals surface area contributed by atoms with Gasteiger partial charge in [0.15, 0.2) is 0 Å². The van der Waals surface area contributed by atoms with Crippen LogP contribution < -0.4 is 4.74 Å². The van der Waals surface area contributed by atoms with E-state index in [1.807, 2.05) is 18.2 Å². The number of aromatic hydroxyl groups is 2. The lowest BCUT2D eigenvalue weighted by Crippen LogP contribution is -2.05. The van der Waals surface area contributed by atoms with E-state index >= 15 is 0 Å². The topological polar surface area (TPSA) is 113 Å². The Bertz CT molecular complexity index is 1450. The normalized spacial score (nSPS) is 12.2. The number of phenols is 2. The second kappa shape index (κ2) is 9.02. The number of carboxylic acid groups (broad SMARTS) is 1. The van der Waals surface area contributed by atoms with Crippen molar-refractivity contribution < 1.29 is 34.4 Å². The summed E-state index contributed by atoms with van der Waals surface area (Å²) in [5, 5.41) is 31.5. The first-order valence-electron chi connectivity index (χ1n) is 11.1. The zero-order valence-electron chi connectivity index (χ0n) is 18.7. The second-order valence-corrected chi connectivity index (χ2v) is 8.45. The average Bonchev–Trinajstić information content (AvgIpc) is 3.33. The minimum absolute atomic E-state index is 0.0896. The summed E-state index contributed by atoms with van der Waals surface area (Å²) in [6, 6.07) is 18.2. The van der Waals surface area contributed by atoms with Gasteiger partial charge in [-0.25, -0.2) is 9.59 Å². The third-order valence-electron chi connectivity index (χ3n) is 6.14. The molecule has 35 heavy (non-hydrogen) atoms. The van der Waals surface area contributed by atoms with Gasteiger partial charge in [-0.15, -0.1) is 0 Å². The molecular formula is C28H22O7. The summed E-state index contributed by atoms with van der Waals surface area (Å²) >= 11 is 0. The van der Waals surface area contributed by atoms with Gasteiger partial charge in [0, 0.05) is 23.8 Å². The smallest absolute Gasteiger partial charge is 0.338 e. The first-order chi connectivity index (χ1) is 16.9. The van der Waals surface area contributed by atoms with Crippen LogP contribution in [0.15, 0.2) is 66.7 Å². The highest BCUT2D eigenvalue weighted by Gasteiger charge is 2.17. The second-order valence-electron chi connectivity index (χ2n) is 8.45. The van der Waals surface area contributed by atoms with Gasteiger partial charge in [0.05, 0.1) is 17.7 Å². The molecule has 176 valence electrons. The first kappa shape index (κ1) is 22.3. The van der Waals surface area contributed by atoms with Crippen LogP contribution in [-0.4, -0.2) is 33.9 Å². The number of fused-ring (bicyclic) bond motifs is 2. The number of carbonyl (C=O) groups excluding carboxylic acids is 1. The Hall–Kier alpha value is -4.52. The Kier molecular flexibility index (Phi) is 5.74. The lowest BCUT2D eigenvalue weighted by Gasteiger charge is -2.12. The van der Waals surface area contributed by atoms with E-state index in [1.54, 1.807) is 30.3 Å². The average molecular weight is 470 g/mol. The maximum absolute atomic E-state index is 12.7. The summed E-state index contributed by atoms with van der Waals surface area (Å²) in [5.74, 6) is -0.926. The number of phenolic OH excluding ortho intramolecular Hbond substituents is 2. The van der Waals surface area contributed by atoms with Crippen LogP contribution in [0.2, 0.25) is 0 Å². The predicted octanol–water partition coefficient (Wildman–Crippen LogP) is 4.83. The van der Waals surface area contributed by atoms with Crippen LogP contribution in [0.4, 0.5) is 0 Å². The summed E-state index contributed by atoms with van der Waals surface area (Å²) in [4.78, 5) is 23.8. The summed E-state index contributed by atoms with van der Waals surface area (Å²) in [5.41, 5.74) is 3.39. The van der Waals surface area contributed by atoms with Crippen molar-refractivity contribution in [2.75, 3.05) is 6.61 Å². The highest BCUT2D eigenvalue weighted by atomic mass is 16.5. The fourth-order valence-corrected chi connectivity index (χ4v) is 4.24. The molecule has 0 aromatic heterocycles. The van der Waals surface area contributed by atoms with E-state index in [4.69, 9.17) is 14.6 Å². The molecule has 1 aliphatic heterocycles. The molecule has 0 amide bonds. The molecular weight excluding hydrogens is 448 g/mol. The molecule has 0 atom stereocenters. The van der Waals surface area contributed by atoms with E-state index in [1.165, 1.54) is 18.2 Å². The number of carbonyl (C=O) groups is 2. The van der Waals surface area contributed by atoms with Crippen molar-refractivity contribution in [3.8, 4) is 17.2 Å². The molecule has 0 saturated heterocycles. The SMILES string of the molecule is O=C(O)c1ccc(Cc2c(O)cc3ccc(C(=O)OCc4ccc5c(c4)CCO5)cc3c2O)cc1. The predicted molar refractivity (Wildman–Crippen MR) is 128 cm³/mol. The van der Waals surface area contributed by atoms with Crippen molar-refractivity contribution in [2.45, 2.75) is 19.4 Å². The Morgan fingerprint density at radius 3 is 2.40 bits per heavy atom. The zero-order chi connectivity index (χ0) is 24.5. The van der Waals surface area contributed by atoms with Crippen LogP contribution in [0.3, 0.4) is 0 Å². The van der Waals surface area contributed by atoms with Crippen LogP contribution in [0.5, 0.6) is 17.2 Å². The molecule has 1 heterocycles. The summed E-state index contributed by atoms with van der Waals surface area (Å²) in [6.45, 7) is 0.771. The molecule has 0 aliphatic carbocycles. The highest BCUT2D eigenvalue weighted by Crippen LogP contribution is 2.37. The zero-order valence-corrected chi connectivity index (χ0v) is 18.7. The lowest BCUT2D eigenvalue weighted by molar-refractivity contribution is 0.0472. The number of esters is 1.